The standard InChI is InChI=1S/C8H9N3O5/c1-2-6(12)9-10-8(13)5-3-4-7(16-5)11(14)15/h3-4H,2H2,1H3,(H,9,12)(H,10,13). The van der Waals surface area contributed by atoms with E-state index in [1.54, 1.807) is 6.92 Å². The molecule has 0 saturated carbocycles. The lowest BCUT2D eigenvalue weighted by atomic mass is 10.4. The Balaban J connectivity index is 2.59. The van der Waals surface area contributed by atoms with E-state index in [0.717, 1.165) is 12.1 Å². The zero-order valence-electron chi connectivity index (χ0n) is 8.35. The van der Waals surface area contributed by atoms with Crippen LogP contribution >= 0.6 is 0 Å². The van der Waals surface area contributed by atoms with Crippen LogP contribution in [0.15, 0.2) is 16.5 Å². The molecule has 16 heavy (non-hydrogen) atoms. The quantitative estimate of drug-likeness (QED) is 0.571. The van der Waals surface area contributed by atoms with Gasteiger partial charge in [-0.05, 0) is 6.07 Å². The highest BCUT2D eigenvalue weighted by atomic mass is 16.6. The second-order valence-corrected chi connectivity index (χ2v) is 2.75. The summed E-state index contributed by atoms with van der Waals surface area (Å²) in [5.74, 6) is -1.92. The maximum absolute atomic E-state index is 11.3. The van der Waals surface area contributed by atoms with Crippen molar-refractivity contribution >= 4 is 17.7 Å². The van der Waals surface area contributed by atoms with Gasteiger partial charge in [-0.15, -0.1) is 0 Å². The number of carbonyl (C=O) groups is 2. The molecule has 1 aromatic rings. The fourth-order valence-electron chi connectivity index (χ4n) is 0.824. The van der Waals surface area contributed by atoms with Crippen LogP contribution in [0.25, 0.3) is 0 Å². The van der Waals surface area contributed by atoms with Crippen LogP contribution in [0.5, 0.6) is 0 Å². The topological polar surface area (TPSA) is 114 Å². The lowest BCUT2D eigenvalue weighted by Crippen LogP contribution is -2.41. The molecule has 0 atom stereocenters. The van der Waals surface area contributed by atoms with E-state index in [1.165, 1.54) is 0 Å². The number of carbonyl (C=O) groups excluding carboxylic acids is 2. The molecule has 0 bridgehead atoms. The van der Waals surface area contributed by atoms with Gasteiger partial charge in [0.15, 0.2) is 0 Å². The zero-order valence-corrected chi connectivity index (χ0v) is 8.35. The lowest BCUT2D eigenvalue weighted by Gasteiger charge is -2.02. The van der Waals surface area contributed by atoms with Gasteiger partial charge >= 0.3 is 11.8 Å². The van der Waals surface area contributed by atoms with E-state index in [9.17, 15) is 19.7 Å². The molecule has 0 aliphatic carbocycles. The fourth-order valence-corrected chi connectivity index (χ4v) is 0.824. The third-order valence-corrected chi connectivity index (χ3v) is 1.63. The molecule has 1 aromatic heterocycles. The minimum absolute atomic E-state index is 0.207. The number of furan rings is 1. The summed E-state index contributed by atoms with van der Waals surface area (Å²) in [6, 6.07) is 2.20. The minimum Gasteiger partial charge on any atom is -0.395 e. The van der Waals surface area contributed by atoms with Crippen LogP contribution in [-0.2, 0) is 4.79 Å². The molecule has 0 aliphatic heterocycles. The van der Waals surface area contributed by atoms with Crippen LogP contribution in [0.4, 0.5) is 5.88 Å². The van der Waals surface area contributed by atoms with Crippen LogP contribution in [0, 0.1) is 10.1 Å². The van der Waals surface area contributed by atoms with Gasteiger partial charge in [0.25, 0.3) is 0 Å². The Morgan fingerprint density at radius 1 is 1.44 bits per heavy atom. The molecular weight excluding hydrogens is 218 g/mol. The molecule has 8 heteroatoms. The summed E-state index contributed by atoms with van der Waals surface area (Å²) in [5, 5.41) is 10.3. The number of hydrogen-bond acceptors (Lipinski definition) is 5. The van der Waals surface area contributed by atoms with Gasteiger partial charge in [-0.25, -0.2) is 0 Å². The smallest absolute Gasteiger partial charge is 0.395 e. The van der Waals surface area contributed by atoms with Crippen molar-refractivity contribution in [3.8, 4) is 0 Å². The number of hydrazine groups is 1. The highest BCUT2D eigenvalue weighted by molar-refractivity contribution is 5.93. The van der Waals surface area contributed by atoms with Gasteiger partial charge < -0.3 is 4.42 Å². The van der Waals surface area contributed by atoms with E-state index >= 15 is 0 Å². The van der Waals surface area contributed by atoms with Crippen molar-refractivity contribution in [1.29, 1.82) is 0 Å². The first-order valence-corrected chi connectivity index (χ1v) is 4.38. The van der Waals surface area contributed by atoms with E-state index in [1.807, 2.05) is 5.43 Å². The Kier molecular flexibility index (Phi) is 3.59. The predicted octanol–water partition coefficient (Wildman–Crippen LogP) is 0.359. The second kappa shape index (κ2) is 4.91. The monoisotopic (exact) mass is 227 g/mol. The number of hydrogen-bond donors (Lipinski definition) is 2. The number of nitro groups is 1. The molecule has 1 rings (SSSR count). The van der Waals surface area contributed by atoms with Gasteiger partial charge in [0.05, 0.1) is 6.07 Å². The summed E-state index contributed by atoms with van der Waals surface area (Å²) in [7, 11) is 0. The number of nitrogens with zero attached hydrogens (tertiary/aromatic N) is 1. The molecule has 0 radical (unpaired) electrons. The van der Waals surface area contributed by atoms with Crippen molar-refractivity contribution in [2.45, 2.75) is 13.3 Å². The summed E-state index contributed by atoms with van der Waals surface area (Å²) < 4.78 is 4.61. The number of nitrogens with one attached hydrogen (secondary N) is 2. The summed E-state index contributed by atoms with van der Waals surface area (Å²) in [6.07, 6.45) is 0.207. The third-order valence-electron chi connectivity index (χ3n) is 1.63. The fraction of sp³-hybridized carbons (Fsp3) is 0.250. The Morgan fingerprint density at radius 3 is 2.62 bits per heavy atom. The normalized spacial score (nSPS) is 9.56. The van der Waals surface area contributed by atoms with Crippen molar-refractivity contribution in [3.05, 3.63) is 28.0 Å². The highest BCUT2D eigenvalue weighted by Crippen LogP contribution is 2.14. The summed E-state index contributed by atoms with van der Waals surface area (Å²) in [4.78, 5) is 31.6. The molecule has 2 N–H and O–H groups in total. The summed E-state index contributed by atoms with van der Waals surface area (Å²) in [5.41, 5.74) is 4.15. The molecule has 0 aliphatic rings. The van der Waals surface area contributed by atoms with Gasteiger partial charge in [0.1, 0.15) is 4.92 Å². The predicted molar refractivity (Wildman–Crippen MR) is 51.3 cm³/mol. The van der Waals surface area contributed by atoms with Gasteiger partial charge in [-0.3, -0.25) is 30.6 Å². The van der Waals surface area contributed by atoms with Gasteiger partial charge in [-0.2, -0.15) is 0 Å². The molecule has 0 fully saturated rings. The first-order valence-electron chi connectivity index (χ1n) is 4.38. The van der Waals surface area contributed by atoms with E-state index < -0.39 is 16.7 Å². The van der Waals surface area contributed by atoms with E-state index in [2.05, 4.69) is 9.84 Å². The largest absolute Gasteiger partial charge is 0.433 e. The first-order chi connectivity index (χ1) is 7.54. The summed E-state index contributed by atoms with van der Waals surface area (Å²) >= 11 is 0. The average Bonchev–Trinajstić information content (AvgIpc) is 2.74. The lowest BCUT2D eigenvalue weighted by molar-refractivity contribution is -0.402. The molecule has 0 spiro atoms. The van der Waals surface area contributed by atoms with Crippen LogP contribution in [0.2, 0.25) is 0 Å². The molecule has 86 valence electrons. The van der Waals surface area contributed by atoms with E-state index in [-0.39, 0.29) is 18.1 Å². The second-order valence-electron chi connectivity index (χ2n) is 2.75. The van der Waals surface area contributed by atoms with Crippen molar-refractivity contribution in [3.63, 3.8) is 0 Å². The molecule has 0 saturated heterocycles. The molecule has 1 heterocycles. The SMILES string of the molecule is CCC(=O)NNC(=O)c1ccc([N+](=O)[O-])o1. The Bertz CT molecular complexity index is 425. The third kappa shape index (κ3) is 2.80. The van der Waals surface area contributed by atoms with Gasteiger partial charge in [-0.1, -0.05) is 6.92 Å². The molecule has 0 unspecified atom stereocenters. The molecule has 0 aromatic carbocycles. The van der Waals surface area contributed by atoms with E-state index in [0.29, 0.717) is 0 Å². The number of amides is 2. The maximum Gasteiger partial charge on any atom is 0.433 e. The molecule has 8 nitrogen and oxygen atoms in total. The maximum atomic E-state index is 11.3. The average molecular weight is 227 g/mol. The number of rotatable bonds is 3. The zero-order chi connectivity index (χ0) is 12.1. The van der Waals surface area contributed by atoms with Crippen molar-refractivity contribution < 1.29 is 18.9 Å². The van der Waals surface area contributed by atoms with E-state index in [4.69, 9.17) is 0 Å². The van der Waals surface area contributed by atoms with Crippen molar-refractivity contribution in [1.82, 2.24) is 10.9 Å². The Labute approximate surface area is 89.7 Å². The summed E-state index contributed by atoms with van der Waals surface area (Å²) in [6.45, 7) is 1.61. The molecular formula is C8H9N3O5. The van der Waals surface area contributed by atoms with Crippen molar-refractivity contribution in [2.75, 3.05) is 0 Å². The van der Waals surface area contributed by atoms with Crippen LogP contribution < -0.4 is 10.9 Å². The van der Waals surface area contributed by atoms with Crippen LogP contribution in [0.1, 0.15) is 23.9 Å². The Hall–Kier alpha value is -2.38. The highest BCUT2D eigenvalue weighted by Gasteiger charge is 2.17. The first kappa shape index (κ1) is 11.7. The van der Waals surface area contributed by atoms with Gasteiger partial charge in [0.2, 0.25) is 11.7 Å². The minimum atomic E-state index is -0.762. The molecule has 2 amide bonds. The van der Waals surface area contributed by atoms with Gasteiger partial charge in [0, 0.05) is 6.42 Å². The van der Waals surface area contributed by atoms with Crippen LogP contribution in [0.3, 0.4) is 0 Å². The Morgan fingerprint density at radius 2 is 2.12 bits per heavy atom. The van der Waals surface area contributed by atoms with Crippen molar-refractivity contribution in [2.24, 2.45) is 0 Å². The van der Waals surface area contributed by atoms with Crippen LogP contribution in [-0.4, -0.2) is 16.7 Å².